The second-order valence-corrected chi connectivity index (χ2v) is 5.09. The van der Waals surface area contributed by atoms with Crippen LogP contribution in [0.1, 0.15) is 44.0 Å². The highest BCUT2D eigenvalue weighted by Crippen LogP contribution is 2.13. The Bertz CT molecular complexity index is 625. The molecular formula is C16H21N3O5. The topological polar surface area (TPSA) is 111 Å². The summed E-state index contributed by atoms with van der Waals surface area (Å²) in [7, 11) is 0. The van der Waals surface area contributed by atoms with Gasteiger partial charge in [-0.2, -0.15) is 5.10 Å². The molecule has 0 spiro atoms. The number of nitrogens with zero attached hydrogens (tertiary/aromatic N) is 2. The van der Waals surface area contributed by atoms with Crippen LogP contribution in [0.3, 0.4) is 0 Å². The van der Waals surface area contributed by atoms with Crippen LogP contribution in [-0.4, -0.2) is 29.1 Å². The Labute approximate surface area is 140 Å². The molecule has 0 aromatic heterocycles. The minimum atomic E-state index is -0.543. The summed E-state index contributed by atoms with van der Waals surface area (Å²) < 4.78 is 5.01. The summed E-state index contributed by atoms with van der Waals surface area (Å²) in [4.78, 5) is 34.0. The number of nitro benzene ring substituents is 1. The fourth-order valence-electron chi connectivity index (χ4n) is 2.04. The summed E-state index contributed by atoms with van der Waals surface area (Å²) in [5, 5.41) is 14.6. The van der Waals surface area contributed by atoms with Gasteiger partial charge in [-0.25, -0.2) is 5.43 Å². The van der Waals surface area contributed by atoms with Gasteiger partial charge in [0.05, 0.1) is 17.4 Å². The van der Waals surface area contributed by atoms with Crippen LogP contribution >= 0.6 is 0 Å². The number of hydrogen-bond donors (Lipinski definition) is 1. The Morgan fingerprint density at radius 2 is 1.92 bits per heavy atom. The first-order chi connectivity index (χ1) is 11.4. The van der Waals surface area contributed by atoms with E-state index in [9.17, 15) is 19.7 Å². The quantitative estimate of drug-likeness (QED) is 0.340. The molecule has 1 atom stereocenters. The van der Waals surface area contributed by atoms with Crippen molar-refractivity contribution in [3.63, 3.8) is 0 Å². The second kappa shape index (κ2) is 9.39. The van der Waals surface area contributed by atoms with Crippen molar-refractivity contribution in [1.29, 1.82) is 0 Å². The van der Waals surface area contributed by atoms with Crippen molar-refractivity contribution in [1.82, 2.24) is 5.43 Å². The number of nitrogens with one attached hydrogen (secondary N) is 1. The van der Waals surface area contributed by atoms with Crippen LogP contribution in [0.4, 0.5) is 5.69 Å². The van der Waals surface area contributed by atoms with Crippen LogP contribution in [0.25, 0.3) is 0 Å². The van der Waals surface area contributed by atoms with Crippen molar-refractivity contribution < 1.29 is 19.2 Å². The third kappa shape index (κ3) is 5.45. The Morgan fingerprint density at radius 1 is 1.29 bits per heavy atom. The van der Waals surface area contributed by atoms with Crippen molar-refractivity contribution in [3.8, 4) is 0 Å². The number of carbonyl (C=O) groups is 2. The fourth-order valence-corrected chi connectivity index (χ4v) is 2.04. The summed E-state index contributed by atoms with van der Waals surface area (Å²) in [5.41, 5.74) is 2.94. The molecule has 0 aliphatic heterocycles. The van der Waals surface area contributed by atoms with E-state index >= 15 is 0 Å². The average Bonchev–Trinajstić information content (AvgIpc) is 2.57. The monoisotopic (exact) mass is 335 g/mol. The standard InChI is InChI=1S/C16H21N3O5/c1-4-6-14(16(21)24-5-2)11(3)17-18-15(20)12-7-9-13(10-8-12)19(22)23/h7-10,14H,4-6H2,1-3H3,(H,18,20)/b17-11-/t14-/m0/s1. The number of nitro groups is 1. The van der Waals surface area contributed by atoms with E-state index < -0.39 is 16.7 Å². The van der Waals surface area contributed by atoms with E-state index in [0.717, 1.165) is 6.42 Å². The molecule has 0 unspecified atom stereocenters. The zero-order valence-corrected chi connectivity index (χ0v) is 13.9. The van der Waals surface area contributed by atoms with E-state index in [4.69, 9.17) is 4.74 Å². The summed E-state index contributed by atoms with van der Waals surface area (Å²) in [6, 6.07) is 5.16. The lowest BCUT2D eigenvalue weighted by atomic mass is 9.99. The number of non-ortho nitro benzene ring substituents is 1. The SMILES string of the molecule is CCC[C@H](C(=O)OCC)/C(C)=N\NC(=O)c1ccc([N+](=O)[O-])cc1. The molecule has 0 saturated carbocycles. The predicted octanol–water partition coefficient (Wildman–Crippen LogP) is 2.68. The molecule has 130 valence electrons. The maximum Gasteiger partial charge on any atom is 0.314 e. The lowest BCUT2D eigenvalue weighted by molar-refractivity contribution is -0.384. The molecule has 0 fully saturated rings. The molecule has 1 aromatic carbocycles. The number of esters is 1. The van der Waals surface area contributed by atoms with Gasteiger partial charge in [0.2, 0.25) is 0 Å². The van der Waals surface area contributed by atoms with Crippen molar-refractivity contribution in [2.45, 2.75) is 33.6 Å². The minimum absolute atomic E-state index is 0.100. The largest absolute Gasteiger partial charge is 0.465 e. The molecule has 24 heavy (non-hydrogen) atoms. The highest BCUT2D eigenvalue weighted by Gasteiger charge is 2.22. The number of carbonyl (C=O) groups excluding carboxylic acids is 2. The van der Waals surface area contributed by atoms with Crippen LogP contribution in [0.15, 0.2) is 29.4 Å². The number of benzene rings is 1. The molecule has 8 nitrogen and oxygen atoms in total. The van der Waals surface area contributed by atoms with E-state index in [1.54, 1.807) is 13.8 Å². The van der Waals surface area contributed by atoms with Crippen molar-refractivity contribution >= 4 is 23.3 Å². The molecule has 0 bridgehead atoms. The molecule has 8 heteroatoms. The predicted molar refractivity (Wildman–Crippen MR) is 88.7 cm³/mol. The second-order valence-electron chi connectivity index (χ2n) is 5.09. The number of rotatable bonds is 8. The molecule has 1 amide bonds. The number of hydrogen-bond acceptors (Lipinski definition) is 6. The maximum absolute atomic E-state index is 12.0. The molecular weight excluding hydrogens is 314 g/mol. The van der Waals surface area contributed by atoms with Gasteiger partial charge in [0.1, 0.15) is 0 Å². The van der Waals surface area contributed by atoms with Crippen LogP contribution in [-0.2, 0) is 9.53 Å². The van der Waals surface area contributed by atoms with Gasteiger partial charge in [0, 0.05) is 23.4 Å². The number of ether oxygens (including phenoxy) is 1. The molecule has 0 saturated heterocycles. The smallest absolute Gasteiger partial charge is 0.314 e. The highest BCUT2D eigenvalue weighted by atomic mass is 16.6. The number of hydrazone groups is 1. The summed E-state index contributed by atoms with van der Waals surface area (Å²) in [5.74, 6) is -1.39. The van der Waals surface area contributed by atoms with E-state index in [-0.39, 0.29) is 23.8 Å². The molecule has 0 aliphatic carbocycles. The molecule has 1 rings (SSSR count). The normalized spacial score (nSPS) is 12.4. The Kier molecular flexibility index (Phi) is 7.54. The Morgan fingerprint density at radius 3 is 2.42 bits per heavy atom. The first-order valence-corrected chi connectivity index (χ1v) is 7.66. The first kappa shape index (κ1) is 19.3. The van der Waals surface area contributed by atoms with Gasteiger partial charge in [0.25, 0.3) is 11.6 Å². The lowest BCUT2D eigenvalue weighted by Gasteiger charge is -2.14. The lowest BCUT2D eigenvalue weighted by Crippen LogP contribution is -2.27. The van der Waals surface area contributed by atoms with Gasteiger partial charge >= 0.3 is 5.97 Å². The van der Waals surface area contributed by atoms with E-state index in [0.29, 0.717) is 12.1 Å². The van der Waals surface area contributed by atoms with Crippen molar-refractivity contribution in [2.24, 2.45) is 11.0 Å². The van der Waals surface area contributed by atoms with Crippen LogP contribution in [0.2, 0.25) is 0 Å². The first-order valence-electron chi connectivity index (χ1n) is 7.66. The third-order valence-electron chi connectivity index (χ3n) is 3.33. The molecule has 1 aromatic rings. The van der Waals surface area contributed by atoms with Gasteiger partial charge in [-0.05, 0) is 32.4 Å². The van der Waals surface area contributed by atoms with Gasteiger partial charge < -0.3 is 4.74 Å². The van der Waals surface area contributed by atoms with Crippen LogP contribution in [0.5, 0.6) is 0 Å². The fraction of sp³-hybridized carbons (Fsp3) is 0.438. The summed E-state index contributed by atoms with van der Waals surface area (Å²) in [6.45, 7) is 5.59. The van der Waals surface area contributed by atoms with E-state index in [1.807, 2.05) is 6.92 Å². The number of amides is 1. The zero-order chi connectivity index (χ0) is 18.1. The zero-order valence-electron chi connectivity index (χ0n) is 13.9. The van der Waals surface area contributed by atoms with Gasteiger partial charge in [-0.1, -0.05) is 13.3 Å². The third-order valence-corrected chi connectivity index (χ3v) is 3.33. The van der Waals surface area contributed by atoms with E-state index in [2.05, 4.69) is 10.5 Å². The average molecular weight is 335 g/mol. The van der Waals surface area contributed by atoms with Crippen molar-refractivity contribution in [2.75, 3.05) is 6.61 Å². The van der Waals surface area contributed by atoms with Crippen molar-refractivity contribution in [3.05, 3.63) is 39.9 Å². The summed E-state index contributed by atoms with van der Waals surface area (Å²) >= 11 is 0. The molecule has 0 aliphatic rings. The molecule has 1 N–H and O–H groups in total. The highest BCUT2D eigenvalue weighted by molar-refractivity contribution is 6.02. The molecule has 0 heterocycles. The van der Waals surface area contributed by atoms with Crippen LogP contribution in [0, 0.1) is 16.0 Å². The van der Waals surface area contributed by atoms with Gasteiger partial charge in [-0.3, -0.25) is 19.7 Å². The Balaban J connectivity index is 2.78. The van der Waals surface area contributed by atoms with Gasteiger partial charge in [-0.15, -0.1) is 0 Å². The maximum atomic E-state index is 12.0. The van der Waals surface area contributed by atoms with Gasteiger partial charge in [0.15, 0.2) is 0 Å². The van der Waals surface area contributed by atoms with Crippen LogP contribution < -0.4 is 5.43 Å². The minimum Gasteiger partial charge on any atom is -0.465 e. The van der Waals surface area contributed by atoms with E-state index in [1.165, 1.54) is 24.3 Å². The Hall–Kier alpha value is -2.77. The molecule has 0 radical (unpaired) electrons. The summed E-state index contributed by atoms with van der Waals surface area (Å²) in [6.07, 6.45) is 1.34.